The highest BCUT2D eigenvalue weighted by Crippen LogP contribution is 2.31. The second-order valence-electron chi connectivity index (χ2n) is 7.20. The number of sulfonamides is 1. The van der Waals surface area contributed by atoms with Crippen LogP contribution in [0.4, 0.5) is 11.4 Å². The van der Waals surface area contributed by atoms with E-state index in [0.717, 1.165) is 28.8 Å². The van der Waals surface area contributed by atoms with Crippen LogP contribution >= 0.6 is 0 Å². The van der Waals surface area contributed by atoms with Gasteiger partial charge in [-0.1, -0.05) is 31.2 Å². The van der Waals surface area contributed by atoms with Gasteiger partial charge in [-0.3, -0.25) is 9.10 Å². The predicted octanol–water partition coefficient (Wildman–Crippen LogP) is 3.44. The van der Waals surface area contributed by atoms with Crippen molar-refractivity contribution in [2.75, 3.05) is 22.0 Å². The lowest BCUT2D eigenvalue weighted by Gasteiger charge is -2.33. The quantitative estimate of drug-likeness (QED) is 0.791. The summed E-state index contributed by atoms with van der Waals surface area (Å²) in [5.41, 5.74) is 4.48. The van der Waals surface area contributed by atoms with Gasteiger partial charge in [0.15, 0.2) is 0 Å². The molecule has 0 saturated carbocycles. The number of carbonyl (C=O) groups excluding carboxylic acids is 1. The summed E-state index contributed by atoms with van der Waals surface area (Å²) in [6.45, 7) is 6.29. The molecule has 0 saturated heterocycles. The lowest BCUT2D eigenvalue weighted by atomic mass is 10.1. The zero-order valence-corrected chi connectivity index (χ0v) is 17.1. The summed E-state index contributed by atoms with van der Waals surface area (Å²) < 4.78 is 26.6. The van der Waals surface area contributed by atoms with Gasteiger partial charge in [0.2, 0.25) is 10.0 Å². The molecule has 0 N–H and O–H groups in total. The molecule has 0 fully saturated rings. The van der Waals surface area contributed by atoms with Gasteiger partial charge in [0.1, 0.15) is 6.04 Å². The molecule has 1 heterocycles. The van der Waals surface area contributed by atoms with Crippen molar-refractivity contribution in [3.8, 4) is 0 Å². The second kappa shape index (κ2) is 7.35. The van der Waals surface area contributed by atoms with Crippen molar-refractivity contribution in [3.05, 3.63) is 59.2 Å². The third kappa shape index (κ3) is 3.86. The summed E-state index contributed by atoms with van der Waals surface area (Å²) in [6.07, 6.45) is 2.36. The molecule has 0 spiro atoms. The first kappa shape index (κ1) is 19.4. The van der Waals surface area contributed by atoms with Crippen molar-refractivity contribution in [1.82, 2.24) is 0 Å². The highest BCUT2D eigenvalue weighted by molar-refractivity contribution is 7.92. The van der Waals surface area contributed by atoms with Gasteiger partial charge < -0.3 is 4.90 Å². The van der Waals surface area contributed by atoms with Crippen LogP contribution in [0.3, 0.4) is 0 Å². The zero-order chi connectivity index (χ0) is 19.8. The summed E-state index contributed by atoms with van der Waals surface area (Å²) in [4.78, 5) is 15.1. The van der Waals surface area contributed by atoms with Gasteiger partial charge in [0.05, 0.1) is 11.9 Å². The Morgan fingerprint density at radius 3 is 2.37 bits per heavy atom. The molecule has 6 heteroatoms. The predicted molar refractivity (Wildman–Crippen MR) is 110 cm³/mol. The third-order valence-corrected chi connectivity index (χ3v) is 6.11. The van der Waals surface area contributed by atoms with E-state index in [-0.39, 0.29) is 5.91 Å². The van der Waals surface area contributed by atoms with Gasteiger partial charge in [-0.15, -0.1) is 0 Å². The molecule has 0 aromatic heterocycles. The molecule has 5 nitrogen and oxygen atoms in total. The summed E-state index contributed by atoms with van der Waals surface area (Å²) in [5, 5.41) is 0. The Morgan fingerprint density at radius 1 is 1.15 bits per heavy atom. The van der Waals surface area contributed by atoms with E-state index < -0.39 is 16.1 Å². The number of hydrogen-bond donors (Lipinski definition) is 0. The van der Waals surface area contributed by atoms with Crippen LogP contribution in [0.25, 0.3) is 0 Å². The molecule has 144 valence electrons. The Bertz CT molecular complexity index is 949. The van der Waals surface area contributed by atoms with Crippen LogP contribution in [0.15, 0.2) is 42.5 Å². The first-order chi connectivity index (χ1) is 12.7. The number of amides is 1. The molecule has 0 aliphatic carbocycles. The fourth-order valence-electron chi connectivity index (χ4n) is 3.87. The fourth-order valence-corrected chi connectivity index (χ4v) is 5.06. The molecule has 2 aromatic rings. The average molecular weight is 387 g/mol. The maximum absolute atomic E-state index is 13.4. The van der Waals surface area contributed by atoms with E-state index in [1.807, 2.05) is 63.2 Å². The minimum Gasteiger partial charge on any atom is -0.310 e. The number of benzene rings is 2. The van der Waals surface area contributed by atoms with E-state index >= 15 is 0 Å². The van der Waals surface area contributed by atoms with Gasteiger partial charge >= 0.3 is 0 Å². The van der Waals surface area contributed by atoms with Gasteiger partial charge in [-0.25, -0.2) is 8.42 Å². The summed E-state index contributed by atoms with van der Waals surface area (Å²) in [7, 11) is -3.63. The number of hydrogen-bond acceptors (Lipinski definition) is 3. The minimum absolute atomic E-state index is 0.174. The molecular weight excluding hydrogens is 360 g/mol. The molecule has 0 bridgehead atoms. The van der Waals surface area contributed by atoms with Crippen LogP contribution in [0, 0.1) is 13.8 Å². The molecule has 0 radical (unpaired) electrons. The summed E-state index contributed by atoms with van der Waals surface area (Å²) >= 11 is 0. The number of para-hydroxylation sites is 1. The maximum atomic E-state index is 13.4. The van der Waals surface area contributed by atoms with Crippen molar-refractivity contribution in [2.24, 2.45) is 0 Å². The Kier molecular flexibility index (Phi) is 5.29. The zero-order valence-electron chi connectivity index (χ0n) is 16.3. The Labute approximate surface area is 161 Å². The van der Waals surface area contributed by atoms with Gasteiger partial charge in [-0.05, 0) is 61.6 Å². The van der Waals surface area contributed by atoms with Crippen LogP contribution in [-0.2, 0) is 21.2 Å². The highest BCUT2D eigenvalue weighted by atomic mass is 32.2. The molecular formula is C21H26N2O3S. The Morgan fingerprint density at radius 2 is 1.78 bits per heavy atom. The van der Waals surface area contributed by atoms with Crippen molar-refractivity contribution in [2.45, 2.75) is 39.7 Å². The number of nitrogens with zero attached hydrogens (tertiary/aromatic N) is 2. The van der Waals surface area contributed by atoms with E-state index in [4.69, 9.17) is 0 Å². The lowest BCUT2D eigenvalue weighted by molar-refractivity contribution is -0.119. The number of fused-ring (bicyclic) bond motifs is 1. The van der Waals surface area contributed by atoms with Crippen molar-refractivity contribution in [3.63, 3.8) is 0 Å². The summed E-state index contributed by atoms with van der Waals surface area (Å²) in [5.74, 6) is -0.174. The van der Waals surface area contributed by atoms with Crippen molar-refractivity contribution >= 4 is 27.3 Å². The van der Waals surface area contributed by atoms with Crippen molar-refractivity contribution in [1.29, 1.82) is 0 Å². The second-order valence-corrected chi connectivity index (χ2v) is 9.06. The molecule has 27 heavy (non-hydrogen) atoms. The Hall–Kier alpha value is -2.34. The molecule has 1 aliphatic heterocycles. The van der Waals surface area contributed by atoms with Gasteiger partial charge in [-0.2, -0.15) is 0 Å². The normalized spacial score (nSPS) is 14.7. The van der Waals surface area contributed by atoms with Crippen LogP contribution in [0.1, 0.15) is 30.0 Å². The van der Waals surface area contributed by atoms with E-state index in [2.05, 4.69) is 0 Å². The standard InChI is InChI=1S/C21H26N2O3S/c1-5-19(21(24)22-11-10-17-8-6-7-9-20(17)22)23(27(4,25)26)18-13-15(2)12-16(3)14-18/h6-9,12-14,19H,5,10-11H2,1-4H3/t19-/m1/s1. The third-order valence-electron chi connectivity index (χ3n) is 4.93. The first-order valence-corrected chi connectivity index (χ1v) is 11.0. The smallest absolute Gasteiger partial charge is 0.250 e. The van der Waals surface area contributed by atoms with E-state index in [1.54, 1.807) is 4.90 Å². The Balaban J connectivity index is 2.04. The van der Waals surface area contributed by atoms with Gasteiger partial charge in [0.25, 0.3) is 5.91 Å². The monoisotopic (exact) mass is 386 g/mol. The van der Waals surface area contributed by atoms with Crippen LogP contribution in [0.2, 0.25) is 0 Å². The van der Waals surface area contributed by atoms with Crippen LogP contribution in [0.5, 0.6) is 0 Å². The largest absolute Gasteiger partial charge is 0.310 e. The lowest BCUT2D eigenvalue weighted by Crippen LogP contribution is -2.50. The molecule has 1 amide bonds. The minimum atomic E-state index is -3.63. The summed E-state index contributed by atoms with van der Waals surface area (Å²) in [6, 6.07) is 12.7. The van der Waals surface area contributed by atoms with Crippen LogP contribution in [-0.4, -0.2) is 33.2 Å². The number of rotatable bonds is 5. The van der Waals surface area contributed by atoms with E-state index in [9.17, 15) is 13.2 Å². The topological polar surface area (TPSA) is 57.7 Å². The first-order valence-electron chi connectivity index (χ1n) is 9.19. The number of aryl methyl sites for hydroxylation is 2. The van der Waals surface area contributed by atoms with E-state index in [0.29, 0.717) is 18.7 Å². The number of anilines is 2. The van der Waals surface area contributed by atoms with Crippen molar-refractivity contribution < 1.29 is 13.2 Å². The molecule has 2 aromatic carbocycles. The van der Waals surface area contributed by atoms with E-state index in [1.165, 1.54) is 10.6 Å². The van der Waals surface area contributed by atoms with Gasteiger partial charge in [0, 0.05) is 12.2 Å². The number of carbonyl (C=O) groups is 1. The molecule has 1 atom stereocenters. The van der Waals surface area contributed by atoms with Crippen LogP contribution < -0.4 is 9.21 Å². The molecule has 0 unspecified atom stereocenters. The fraction of sp³-hybridized carbons (Fsp3) is 0.381. The average Bonchev–Trinajstić information content (AvgIpc) is 3.01. The molecule has 3 rings (SSSR count). The highest BCUT2D eigenvalue weighted by Gasteiger charge is 2.36. The SMILES string of the molecule is CC[C@H](C(=O)N1CCc2ccccc21)N(c1cc(C)cc(C)c1)S(C)(=O)=O. The molecule has 1 aliphatic rings. The maximum Gasteiger partial charge on any atom is 0.250 e.